The van der Waals surface area contributed by atoms with E-state index >= 15 is 0 Å². The predicted octanol–water partition coefficient (Wildman–Crippen LogP) is 4.74. The Balaban J connectivity index is 0. The summed E-state index contributed by atoms with van der Waals surface area (Å²) in [6, 6.07) is 0. The first-order chi connectivity index (χ1) is 8.13. The minimum absolute atomic E-state index is 0.0341. The lowest BCUT2D eigenvalue weighted by Gasteiger charge is -2.09. The molecule has 0 aromatic heterocycles. The van der Waals surface area contributed by atoms with Crippen molar-refractivity contribution in [1.82, 2.24) is 0 Å². The van der Waals surface area contributed by atoms with Crippen LogP contribution in [0.25, 0.3) is 0 Å². The van der Waals surface area contributed by atoms with Crippen LogP contribution in [0.3, 0.4) is 0 Å². The number of carbonyl (C=O) groups is 1. The third-order valence-corrected chi connectivity index (χ3v) is 2.24. The lowest BCUT2D eigenvalue weighted by Crippen LogP contribution is -2.14. The molecule has 0 spiro atoms. The van der Waals surface area contributed by atoms with E-state index in [0.717, 1.165) is 12.8 Å². The summed E-state index contributed by atoms with van der Waals surface area (Å²) in [6.07, 6.45) is 7.37. The van der Waals surface area contributed by atoms with Gasteiger partial charge in [-0.25, -0.2) is 0 Å². The van der Waals surface area contributed by atoms with Gasteiger partial charge in [0, 0.05) is 0 Å². The molecule has 0 saturated heterocycles. The molecule has 0 amide bonds. The molecule has 102 valence electrons. The molecule has 0 aliphatic carbocycles. The molecule has 17 heavy (non-hydrogen) atoms. The highest BCUT2D eigenvalue weighted by Gasteiger charge is 2.12. The second-order valence-electron chi connectivity index (χ2n) is 3.77. The van der Waals surface area contributed by atoms with E-state index in [1.807, 2.05) is 6.92 Å². The summed E-state index contributed by atoms with van der Waals surface area (Å²) in [7, 11) is 0. The predicted molar refractivity (Wildman–Crippen MR) is 75.7 cm³/mol. The lowest BCUT2D eigenvalue weighted by atomic mass is 10.0. The molecule has 0 aliphatic rings. The fourth-order valence-corrected chi connectivity index (χ4v) is 1.28. The topological polar surface area (TPSA) is 26.3 Å². The van der Waals surface area contributed by atoms with Gasteiger partial charge in [-0.1, -0.05) is 52.2 Å². The SMILES string of the molecule is C=CCOC(=O)C(C)CCCCCC.ClCCl. The highest BCUT2D eigenvalue weighted by atomic mass is 35.5. The number of unbranched alkanes of at least 4 members (excludes halogenated alkanes) is 3. The van der Waals surface area contributed by atoms with Crippen LogP contribution in [-0.2, 0) is 9.53 Å². The van der Waals surface area contributed by atoms with Gasteiger partial charge in [-0.3, -0.25) is 4.79 Å². The van der Waals surface area contributed by atoms with Crippen LogP contribution >= 0.6 is 23.2 Å². The van der Waals surface area contributed by atoms with Gasteiger partial charge >= 0.3 is 5.97 Å². The monoisotopic (exact) mass is 282 g/mol. The van der Waals surface area contributed by atoms with Crippen LogP contribution in [0.15, 0.2) is 12.7 Å². The number of rotatable bonds is 8. The number of hydrogen-bond donors (Lipinski definition) is 0. The largest absolute Gasteiger partial charge is 0.461 e. The first-order valence-electron chi connectivity index (χ1n) is 6.03. The highest BCUT2D eigenvalue weighted by molar-refractivity contribution is 6.40. The van der Waals surface area contributed by atoms with Crippen molar-refractivity contribution in [2.45, 2.75) is 46.0 Å². The Labute approximate surface area is 115 Å². The molecule has 0 aromatic carbocycles. The normalized spacial score (nSPS) is 11.1. The van der Waals surface area contributed by atoms with Crippen molar-refractivity contribution in [1.29, 1.82) is 0 Å². The maximum atomic E-state index is 11.3. The summed E-state index contributed by atoms with van der Waals surface area (Å²) in [6.45, 7) is 7.94. The zero-order chi connectivity index (χ0) is 13.5. The molecular weight excluding hydrogens is 259 g/mol. The molecule has 0 N–H and O–H groups in total. The Hall–Kier alpha value is -0.210. The van der Waals surface area contributed by atoms with Crippen molar-refractivity contribution in [3.8, 4) is 0 Å². The van der Waals surface area contributed by atoms with Crippen molar-refractivity contribution >= 4 is 29.2 Å². The van der Waals surface area contributed by atoms with Crippen molar-refractivity contribution in [3.05, 3.63) is 12.7 Å². The average molecular weight is 283 g/mol. The summed E-state index contributed by atoms with van der Waals surface area (Å²) >= 11 is 9.53. The summed E-state index contributed by atoms with van der Waals surface area (Å²) in [5.41, 5.74) is 0. The molecule has 1 unspecified atom stereocenters. The minimum Gasteiger partial charge on any atom is -0.461 e. The molecule has 0 heterocycles. The van der Waals surface area contributed by atoms with Crippen LogP contribution in [0.1, 0.15) is 46.0 Å². The molecule has 0 rings (SSSR count). The van der Waals surface area contributed by atoms with Gasteiger partial charge in [-0.15, -0.1) is 23.2 Å². The minimum atomic E-state index is -0.0959. The molecule has 0 bridgehead atoms. The molecule has 0 radical (unpaired) electrons. The number of esters is 1. The van der Waals surface area contributed by atoms with Crippen LogP contribution in [0.4, 0.5) is 0 Å². The quantitative estimate of drug-likeness (QED) is 0.278. The number of alkyl halides is 2. The van der Waals surface area contributed by atoms with Crippen LogP contribution in [0.5, 0.6) is 0 Å². The molecule has 0 aromatic rings. The van der Waals surface area contributed by atoms with Gasteiger partial charge in [0.15, 0.2) is 0 Å². The maximum absolute atomic E-state index is 11.3. The van der Waals surface area contributed by atoms with E-state index in [1.165, 1.54) is 19.3 Å². The van der Waals surface area contributed by atoms with Gasteiger partial charge in [-0.05, 0) is 6.42 Å². The molecule has 0 aliphatic heterocycles. The number of hydrogen-bond acceptors (Lipinski definition) is 2. The smallest absolute Gasteiger partial charge is 0.308 e. The molecule has 4 heteroatoms. The Morgan fingerprint density at radius 1 is 1.35 bits per heavy atom. The van der Waals surface area contributed by atoms with Gasteiger partial charge in [-0.2, -0.15) is 0 Å². The van der Waals surface area contributed by atoms with Gasteiger partial charge in [0.1, 0.15) is 6.61 Å². The molecular formula is C13H24Cl2O2. The third-order valence-electron chi connectivity index (χ3n) is 2.24. The molecule has 2 nitrogen and oxygen atoms in total. The average Bonchev–Trinajstić information content (AvgIpc) is 2.32. The summed E-state index contributed by atoms with van der Waals surface area (Å²) in [4.78, 5) is 11.3. The Bertz CT molecular complexity index is 184. The van der Waals surface area contributed by atoms with E-state index in [9.17, 15) is 4.79 Å². The number of carbonyl (C=O) groups excluding carboxylic acids is 1. The Kier molecular flexibility index (Phi) is 17.8. The summed E-state index contributed by atoms with van der Waals surface area (Å²) in [5.74, 6) is -0.0618. The summed E-state index contributed by atoms with van der Waals surface area (Å²) in [5, 5.41) is 0.194. The van der Waals surface area contributed by atoms with Crippen molar-refractivity contribution in [2.75, 3.05) is 11.9 Å². The Morgan fingerprint density at radius 2 is 1.94 bits per heavy atom. The first-order valence-corrected chi connectivity index (χ1v) is 7.10. The van der Waals surface area contributed by atoms with E-state index in [0.29, 0.717) is 6.61 Å². The fraction of sp³-hybridized carbons (Fsp3) is 0.769. The van der Waals surface area contributed by atoms with Crippen LogP contribution in [0, 0.1) is 5.92 Å². The van der Waals surface area contributed by atoms with Crippen LogP contribution in [-0.4, -0.2) is 17.9 Å². The third kappa shape index (κ3) is 15.8. The van der Waals surface area contributed by atoms with E-state index in [4.69, 9.17) is 27.9 Å². The standard InChI is InChI=1S/C12H22O2.CH2Cl2/c1-4-6-7-8-9-11(3)12(13)14-10-5-2;2-1-3/h5,11H,2,4,6-10H2,1,3H3;1H2. The van der Waals surface area contributed by atoms with Crippen molar-refractivity contribution in [3.63, 3.8) is 0 Å². The van der Waals surface area contributed by atoms with Crippen molar-refractivity contribution < 1.29 is 9.53 Å². The number of halogens is 2. The van der Waals surface area contributed by atoms with Gasteiger partial charge < -0.3 is 4.74 Å². The zero-order valence-corrected chi connectivity index (χ0v) is 12.4. The van der Waals surface area contributed by atoms with E-state index in [-0.39, 0.29) is 17.2 Å². The molecule has 1 atom stereocenters. The first kappa shape index (κ1) is 19.1. The van der Waals surface area contributed by atoms with Crippen LogP contribution in [0.2, 0.25) is 0 Å². The fourth-order valence-electron chi connectivity index (χ4n) is 1.28. The van der Waals surface area contributed by atoms with Crippen molar-refractivity contribution in [2.24, 2.45) is 5.92 Å². The van der Waals surface area contributed by atoms with E-state index in [2.05, 4.69) is 13.5 Å². The summed E-state index contributed by atoms with van der Waals surface area (Å²) < 4.78 is 4.95. The second kappa shape index (κ2) is 15.8. The lowest BCUT2D eigenvalue weighted by molar-refractivity contribution is -0.146. The second-order valence-corrected chi connectivity index (χ2v) is 4.58. The molecule has 0 fully saturated rings. The van der Waals surface area contributed by atoms with Gasteiger partial charge in [0.25, 0.3) is 0 Å². The van der Waals surface area contributed by atoms with E-state index < -0.39 is 0 Å². The zero-order valence-electron chi connectivity index (χ0n) is 10.9. The Morgan fingerprint density at radius 3 is 2.41 bits per heavy atom. The molecule has 0 saturated carbocycles. The highest BCUT2D eigenvalue weighted by Crippen LogP contribution is 2.11. The van der Waals surface area contributed by atoms with E-state index in [1.54, 1.807) is 6.08 Å². The maximum Gasteiger partial charge on any atom is 0.308 e. The van der Waals surface area contributed by atoms with Crippen LogP contribution < -0.4 is 0 Å². The number of ether oxygens (including phenoxy) is 1. The van der Waals surface area contributed by atoms with Gasteiger partial charge in [0.05, 0.1) is 11.3 Å². The van der Waals surface area contributed by atoms with Gasteiger partial charge in [0.2, 0.25) is 0 Å².